The summed E-state index contributed by atoms with van der Waals surface area (Å²) in [5, 5.41) is 14.7. The molecule has 2 aromatic rings. The van der Waals surface area contributed by atoms with Crippen molar-refractivity contribution in [3.05, 3.63) is 65.2 Å². The number of fused-ring (bicyclic) bond motifs is 1. The predicted molar refractivity (Wildman–Crippen MR) is 97.4 cm³/mol. The van der Waals surface area contributed by atoms with E-state index in [1.165, 1.54) is 0 Å². The monoisotopic (exact) mass is 354 g/mol. The van der Waals surface area contributed by atoms with E-state index in [2.05, 4.69) is 10.6 Å². The van der Waals surface area contributed by atoms with E-state index in [1.54, 1.807) is 7.11 Å². The number of ether oxygens (including phenoxy) is 1. The first kappa shape index (κ1) is 17.8. The molecule has 3 rings (SSSR count). The maximum absolute atomic E-state index is 12.7. The van der Waals surface area contributed by atoms with Crippen LogP contribution in [-0.2, 0) is 11.2 Å². The van der Waals surface area contributed by atoms with Crippen molar-refractivity contribution < 1.29 is 19.4 Å². The SMILES string of the molecule is COc1ccc(C(C)C(=O)N[C@H]2Cc3ccccc3[C@@H]2NC(=O)O)cc1. The fourth-order valence-corrected chi connectivity index (χ4v) is 3.39. The van der Waals surface area contributed by atoms with E-state index in [0.29, 0.717) is 6.42 Å². The number of methoxy groups -OCH3 is 1. The molecular weight excluding hydrogens is 332 g/mol. The molecule has 1 aliphatic carbocycles. The minimum absolute atomic E-state index is 0.134. The Kier molecular flexibility index (Phi) is 5.11. The molecule has 2 aromatic carbocycles. The van der Waals surface area contributed by atoms with Crippen LogP contribution < -0.4 is 15.4 Å². The molecule has 0 radical (unpaired) electrons. The quantitative estimate of drug-likeness (QED) is 0.770. The highest BCUT2D eigenvalue weighted by Gasteiger charge is 2.35. The number of nitrogens with one attached hydrogen (secondary N) is 2. The van der Waals surface area contributed by atoms with E-state index in [0.717, 1.165) is 22.4 Å². The van der Waals surface area contributed by atoms with Crippen LogP contribution in [0.15, 0.2) is 48.5 Å². The van der Waals surface area contributed by atoms with Crippen molar-refractivity contribution in [2.45, 2.75) is 31.3 Å². The molecule has 0 aromatic heterocycles. The Morgan fingerprint density at radius 1 is 1.12 bits per heavy atom. The lowest BCUT2D eigenvalue weighted by Crippen LogP contribution is -2.45. The van der Waals surface area contributed by atoms with E-state index < -0.39 is 12.1 Å². The standard InChI is InChI=1S/C20H22N2O4/c1-12(13-7-9-15(26-2)10-8-13)19(23)21-17-11-14-5-3-4-6-16(14)18(17)22-20(24)25/h3-10,12,17-18,22H,11H2,1-2H3,(H,21,23)(H,24,25)/t12?,17-,18-/m0/s1. The molecule has 3 N–H and O–H groups in total. The summed E-state index contributed by atoms with van der Waals surface area (Å²) in [6.45, 7) is 1.83. The summed E-state index contributed by atoms with van der Waals surface area (Å²) in [6.07, 6.45) is -0.503. The lowest BCUT2D eigenvalue weighted by molar-refractivity contribution is -0.123. The minimum Gasteiger partial charge on any atom is -0.497 e. The van der Waals surface area contributed by atoms with Crippen molar-refractivity contribution in [2.24, 2.45) is 0 Å². The van der Waals surface area contributed by atoms with Gasteiger partial charge in [-0.15, -0.1) is 0 Å². The summed E-state index contributed by atoms with van der Waals surface area (Å²) in [4.78, 5) is 23.9. The van der Waals surface area contributed by atoms with Crippen LogP contribution in [-0.4, -0.2) is 30.3 Å². The molecular formula is C20H22N2O4. The second kappa shape index (κ2) is 7.47. The van der Waals surface area contributed by atoms with Crippen molar-refractivity contribution in [3.8, 4) is 5.75 Å². The van der Waals surface area contributed by atoms with Crippen LogP contribution in [0.5, 0.6) is 5.75 Å². The molecule has 0 heterocycles. The summed E-state index contributed by atoms with van der Waals surface area (Å²) < 4.78 is 5.14. The molecule has 1 unspecified atom stereocenters. The lowest BCUT2D eigenvalue weighted by atomic mass is 9.99. The average molecular weight is 354 g/mol. The number of carbonyl (C=O) groups is 2. The number of benzene rings is 2. The van der Waals surface area contributed by atoms with Gasteiger partial charge in [0, 0.05) is 0 Å². The van der Waals surface area contributed by atoms with E-state index in [9.17, 15) is 9.59 Å². The third-order valence-corrected chi connectivity index (χ3v) is 4.85. The van der Waals surface area contributed by atoms with Gasteiger partial charge in [-0.2, -0.15) is 0 Å². The van der Waals surface area contributed by atoms with E-state index >= 15 is 0 Å². The first-order valence-electron chi connectivity index (χ1n) is 8.51. The molecule has 0 saturated carbocycles. The topological polar surface area (TPSA) is 87.7 Å². The van der Waals surface area contributed by atoms with Crippen LogP contribution in [0.4, 0.5) is 4.79 Å². The predicted octanol–water partition coefficient (Wildman–Crippen LogP) is 2.85. The highest BCUT2D eigenvalue weighted by atomic mass is 16.5. The van der Waals surface area contributed by atoms with Crippen molar-refractivity contribution in [1.82, 2.24) is 10.6 Å². The van der Waals surface area contributed by atoms with Gasteiger partial charge in [-0.05, 0) is 42.2 Å². The third-order valence-electron chi connectivity index (χ3n) is 4.85. The van der Waals surface area contributed by atoms with Crippen molar-refractivity contribution >= 4 is 12.0 Å². The smallest absolute Gasteiger partial charge is 0.405 e. The molecule has 136 valence electrons. The highest BCUT2D eigenvalue weighted by Crippen LogP contribution is 2.32. The number of carbonyl (C=O) groups excluding carboxylic acids is 1. The molecule has 6 heteroatoms. The Morgan fingerprint density at radius 3 is 2.46 bits per heavy atom. The van der Waals surface area contributed by atoms with Gasteiger partial charge in [0.1, 0.15) is 5.75 Å². The number of hydrogen-bond donors (Lipinski definition) is 3. The molecule has 26 heavy (non-hydrogen) atoms. The van der Waals surface area contributed by atoms with E-state index in [1.807, 2.05) is 55.5 Å². The molecule has 1 aliphatic rings. The van der Waals surface area contributed by atoms with Gasteiger partial charge in [0.05, 0.1) is 25.1 Å². The Balaban J connectivity index is 1.74. The summed E-state index contributed by atoms with van der Waals surface area (Å²) in [5.74, 6) is 0.249. The molecule has 0 saturated heterocycles. The Bertz CT molecular complexity index is 804. The average Bonchev–Trinajstić information content (AvgIpc) is 2.98. The molecule has 6 nitrogen and oxygen atoms in total. The second-order valence-corrected chi connectivity index (χ2v) is 6.44. The van der Waals surface area contributed by atoms with Gasteiger partial charge < -0.3 is 20.5 Å². The molecule has 0 spiro atoms. The van der Waals surface area contributed by atoms with Crippen molar-refractivity contribution in [1.29, 1.82) is 0 Å². The maximum Gasteiger partial charge on any atom is 0.405 e. The normalized spacial score (nSPS) is 19.3. The van der Waals surface area contributed by atoms with Gasteiger partial charge in [-0.3, -0.25) is 4.79 Å². The third kappa shape index (κ3) is 3.64. The zero-order valence-corrected chi connectivity index (χ0v) is 14.7. The summed E-state index contributed by atoms with van der Waals surface area (Å²) in [7, 11) is 1.60. The zero-order valence-electron chi connectivity index (χ0n) is 14.7. The first-order valence-corrected chi connectivity index (χ1v) is 8.51. The first-order chi connectivity index (χ1) is 12.5. The Labute approximate surface area is 152 Å². The van der Waals surface area contributed by atoms with Gasteiger partial charge >= 0.3 is 6.09 Å². The minimum atomic E-state index is -1.10. The molecule has 3 atom stereocenters. The van der Waals surface area contributed by atoms with Gasteiger partial charge in [-0.25, -0.2) is 4.79 Å². The van der Waals surface area contributed by atoms with Gasteiger partial charge in [0.2, 0.25) is 5.91 Å². The highest BCUT2D eigenvalue weighted by molar-refractivity contribution is 5.84. The van der Waals surface area contributed by atoms with Crippen LogP contribution in [0.25, 0.3) is 0 Å². The van der Waals surface area contributed by atoms with Crippen molar-refractivity contribution in [3.63, 3.8) is 0 Å². The van der Waals surface area contributed by atoms with Gasteiger partial charge in [0.25, 0.3) is 0 Å². The fourth-order valence-electron chi connectivity index (χ4n) is 3.39. The number of carboxylic acid groups (broad SMARTS) is 1. The summed E-state index contributed by atoms with van der Waals surface area (Å²) in [5.41, 5.74) is 2.84. The Hall–Kier alpha value is -3.02. The van der Waals surface area contributed by atoms with E-state index in [4.69, 9.17) is 9.84 Å². The number of amides is 2. The molecule has 0 bridgehead atoms. The van der Waals surface area contributed by atoms with E-state index in [-0.39, 0.29) is 17.9 Å². The van der Waals surface area contributed by atoms with Crippen LogP contribution in [0.1, 0.15) is 35.6 Å². The molecule has 2 amide bonds. The number of hydrogen-bond acceptors (Lipinski definition) is 3. The fraction of sp³-hybridized carbons (Fsp3) is 0.300. The van der Waals surface area contributed by atoms with Crippen LogP contribution in [0, 0.1) is 0 Å². The van der Waals surface area contributed by atoms with Crippen molar-refractivity contribution in [2.75, 3.05) is 7.11 Å². The van der Waals surface area contributed by atoms with Crippen LogP contribution in [0.3, 0.4) is 0 Å². The van der Waals surface area contributed by atoms with Crippen LogP contribution in [0.2, 0.25) is 0 Å². The second-order valence-electron chi connectivity index (χ2n) is 6.44. The summed E-state index contributed by atoms with van der Waals surface area (Å²) >= 11 is 0. The Morgan fingerprint density at radius 2 is 1.81 bits per heavy atom. The maximum atomic E-state index is 12.7. The van der Waals surface area contributed by atoms with Crippen LogP contribution >= 0.6 is 0 Å². The summed E-state index contributed by atoms with van der Waals surface area (Å²) in [6, 6.07) is 14.3. The van der Waals surface area contributed by atoms with Gasteiger partial charge in [-0.1, -0.05) is 36.4 Å². The number of rotatable bonds is 5. The zero-order chi connectivity index (χ0) is 18.7. The molecule has 0 aliphatic heterocycles. The largest absolute Gasteiger partial charge is 0.497 e. The molecule has 0 fully saturated rings. The lowest BCUT2D eigenvalue weighted by Gasteiger charge is -2.23. The van der Waals surface area contributed by atoms with Gasteiger partial charge in [0.15, 0.2) is 0 Å².